The fraction of sp³-hybridized carbons (Fsp3) is 0.273. The van der Waals surface area contributed by atoms with Gasteiger partial charge in [-0.25, -0.2) is 19.6 Å². The van der Waals surface area contributed by atoms with Crippen LogP contribution in [0.15, 0.2) is 48.9 Å². The van der Waals surface area contributed by atoms with Gasteiger partial charge in [0.25, 0.3) is 0 Å². The number of rotatable bonds is 4. The number of hydrogen-bond acceptors (Lipinski definition) is 7. The molecule has 0 bridgehead atoms. The molecule has 1 saturated heterocycles. The number of hydrogen-bond donors (Lipinski definition) is 2. The third-order valence-corrected chi connectivity index (χ3v) is 5.55. The summed E-state index contributed by atoms with van der Waals surface area (Å²) in [7, 11) is 0. The lowest BCUT2D eigenvalue weighted by molar-refractivity contribution is -0.137. The molecule has 0 amide bonds. The second-order valence-electron chi connectivity index (χ2n) is 7.76. The van der Waals surface area contributed by atoms with E-state index in [-0.39, 0.29) is 17.7 Å². The molecule has 11 heteroatoms. The molecule has 1 aromatic carbocycles. The highest BCUT2D eigenvalue weighted by Crippen LogP contribution is 2.34. The standard InChI is InChI=1S/C22H20F3N7O/c23-22(24,25)14-4-6-16(7-5-14)33-17-8-3-13(10-28-17)19-18-20(26)29-12-30-21(18)32(31-19)15-2-1-9-27-11-15/h3-8,10,12,15,27H,1-2,9,11H2,(H2,26,29,30)/t15-/m1/s1. The number of alkyl halides is 3. The average molecular weight is 455 g/mol. The van der Waals surface area contributed by atoms with Gasteiger partial charge in [0.1, 0.15) is 23.6 Å². The summed E-state index contributed by atoms with van der Waals surface area (Å²) in [6, 6.07) is 7.98. The number of fused-ring (bicyclic) bond motifs is 1. The largest absolute Gasteiger partial charge is 0.439 e. The van der Waals surface area contributed by atoms with Crippen LogP contribution in [-0.4, -0.2) is 37.8 Å². The van der Waals surface area contributed by atoms with Crippen LogP contribution < -0.4 is 15.8 Å². The number of pyridine rings is 1. The molecule has 0 unspecified atom stereocenters. The van der Waals surface area contributed by atoms with Crippen LogP contribution in [0.4, 0.5) is 19.0 Å². The molecule has 0 radical (unpaired) electrons. The number of benzene rings is 1. The topological polar surface area (TPSA) is 104 Å². The Hall–Kier alpha value is -3.73. The van der Waals surface area contributed by atoms with Crippen LogP contribution in [0.3, 0.4) is 0 Å². The Bertz CT molecular complexity index is 1260. The van der Waals surface area contributed by atoms with E-state index >= 15 is 0 Å². The van der Waals surface area contributed by atoms with E-state index in [9.17, 15) is 13.2 Å². The van der Waals surface area contributed by atoms with Crippen molar-refractivity contribution >= 4 is 16.9 Å². The molecule has 3 N–H and O–H groups in total. The zero-order valence-corrected chi connectivity index (χ0v) is 17.4. The number of nitrogens with two attached hydrogens (primary N) is 1. The Kier molecular flexibility index (Phi) is 5.33. The summed E-state index contributed by atoms with van der Waals surface area (Å²) in [5.41, 5.74) is 7.40. The van der Waals surface area contributed by atoms with Gasteiger partial charge >= 0.3 is 6.18 Å². The Morgan fingerprint density at radius 1 is 1.06 bits per heavy atom. The molecule has 1 aliphatic rings. The maximum Gasteiger partial charge on any atom is 0.416 e. The van der Waals surface area contributed by atoms with Crippen molar-refractivity contribution in [3.8, 4) is 22.9 Å². The SMILES string of the molecule is Nc1ncnc2c1c(-c1ccc(Oc3ccc(C(F)(F)F)cc3)nc1)nn2[C@@H]1CCCNC1. The van der Waals surface area contributed by atoms with Crippen molar-refractivity contribution in [2.45, 2.75) is 25.1 Å². The summed E-state index contributed by atoms with van der Waals surface area (Å²) >= 11 is 0. The van der Waals surface area contributed by atoms with Crippen LogP contribution in [0, 0.1) is 0 Å². The maximum absolute atomic E-state index is 12.7. The zero-order chi connectivity index (χ0) is 23.0. The Balaban J connectivity index is 1.44. The van der Waals surface area contributed by atoms with Gasteiger partial charge in [-0.1, -0.05) is 0 Å². The molecule has 1 fully saturated rings. The second kappa shape index (κ2) is 8.32. The van der Waals surface area contributed by atoms with Crippen LogP contribution >= 0.6 is 0 Å². The minimum Gasteiger partial charge on any atom is -0.439 e. The van der Waals surface area contributed by atoms with E-state index in [0.29, 0.717) is 28.1 Å². The number of nitrogen functional groups attached to an aromatic ring is 1. The lowest BCUT2D eigenvalue weighted by Crippen LogP contribution is -2.32. The molecule has 3 aromatic heterocycles. The Morgan fingerprint density at radius 3 is 2.55 bits per heavy atom. The van der Waals surface area contributed by atoms with Crippen molar-refractivity contribution in [1.82, 2.24) is 30.0 Å². The number of halogens is 3. The minimum absolute atomic E-state index is 0.152. The van der Waals surface area contributed by atoms with Crippen molar-refractivity contribution < 1.29 is 17.9 Å². The summed E-state index contributed by atoms with van der Waals surface area (Å²) in [5, 5.41) is 8.83. The first-order valence-electron chi connectivity index (χ1n) is 10.4. The second-order valence-corrected chi connectivity index (χ2v) is 7.76. The Morgan fingerprint density at radius 2 is 1.88 bits per heavy atom. The van der Waals surface area contributed by atoms with Gasteiger partial charge in [0, 0.05) is 24.4 Å². The van der Waals surface area contributed by atoms with Crippen molar-refractivity contribution in [2.75, 3.05) is 18.8 Å². The van der Waals surface area contributed by atoms with Crippen LogP contribution in [-0.2, 0) is 6.18 Å². The minimum atomic E-state index is -4.40. The van der Waals surface area contributed by atoms with Crippen molar-refractivity contribution in [3.05, 3.63) is 54.5 Å². The summed E-state index contributed by atoms with van der Waals surface area (Å²) < 4.78 is 45.7. The monoisotopic (exact) mass is 455 g/mol. The molecule has 8 nitrogen and oxygen atoms in total. The first-order valence-corrected chi connectivity index (χ1v) is 10.4. The van der Waals surface area contributed by atoms with Crippen molar-refractivity contribution in [2.24, 2.45) is 0 Å². The van der Waals surface area contributed by atoms with Gasteiger partial charge in [-0.05, 0) is 49.7 Å². The van der Waals surface area contributed by atoms with Crippen LogP contribution in [0.25, 0.3) is 22.3 Å². The number of aromatic nitrogens is 5. The molecule has 170 valence electrons. The lowest BCUT2D eigenvalue weighted by atomic mass is 10.1. The Labute approximate surface area is 186 Å². The molecular weight excluding hydrogens is 435 g/mol. The van der Waals surface area contributed by atoms with E-state index in [1.54, 1.807) is 18.3 Å². The molecule has 5 rings (SSSR count). The number of piperidine rings is 1. The first-order chi connectivity index (χ1) is 15.9. The van der Waals surface area contributed by atoms with Gasteiger partial charge in [0.15, 0.2) is 5.65 Å². The van der Waals surface area contributed by atoms with Gasteiger partial charge in [-0.15, -0.1) is 0 Å². The van der Waals surface area contributed by atoms with Gasteiger partial charge in [0.2, 0.25) is 5.88 Å². The highest BCUT2D eigenvalue weighted by Gasteiger charge is 2.30. The van der Waals surface area contributed by atoms with Gasteiger partial charge in [-0.2, -0.15) is 18.3 Å². The van der Waals surface area contributed by atoms with E-state index in [4.69, 9.17) is 15.6 Å². The summed E-state index contributed by atoms with van der Waals surface area (Å²) in [4.78, 5) is 12.8. The first kappa shape index (κ1) is 21.1. The fourth-order valence-electron chi connectivity index (χ4n) is 3.91. The molecular formula is C22H20F3N7O. The van der Waals surface area contributed by atoms with Gasteiger partial charge in [0.05, 0.1) is 17.0 Å². The van der Waals surface area contributed by atoms with E-state index < -0.39 is 11.7 Å². The van der Waals surface area contributed by atoms with Crippen LogP contribution in [0.1, 0.15) is 24.4 Å². The smallest absolute Gasteiger partial charge is 0.416 e. The third-order valence-electron chi connectivity index (χ3n) is 5.55. The molecule has 1 aliphatic heterocycles. The predicted molar refractivity (Wildman–Crippen MR) is 116 cm³/mol. The van der Waals surface area contributed by atoms with E-state index in [0.717, 1.165) is 38.1 Å². The van der Waals surface area contributed by atoms with Gasteiger partial charge < -0.3 is 15.8 Å². The highest BCUT2D eigenvalue weighted by molar-refractivity contribution is 5.98. The summed E-state index contributed by atoms with van der Waals surface area (Å²) in [5.74, 6) is 0.818. The third kappa shape index (κ3) is 4.19. The molecule has 4 aromatic rings. The normalized spacial score (nSPS) is 16.8. The molecule has 4 heterocycles. The maximum atomic E-state index is 12.7. The quantitative estimate of drug-likeness (QED) is 0.475. The molecule has 33 heavy (non-hydrogen) atoms. The van der Waals surface area contributed by atoms with Crippen LogP contribution in [0.5, 0.6) is 11.6 Å². The number of ether oxygens (including phenoxy) is 1. The van der Waals surface area contributed by atoms with E-state index in [1.165, 1.54) is 18.5 Å². The van der Waals surface area contributed by atoms with Gasteiger partial charge in [-0.3, -0.25) is 0 Å². The molecule has 1 atom stereocenters. The number of nitrogens with one attached hydrogen (secondary N) is 1. The molecule has 0 aliphatic carbocycles. The lowest BCUT2D eigenvalue weighted by Gasteiger charge is -2.23. The van der Waals surface area contributed by atoms with Crippen LogP contribution in [0.2, 0.25) is 0 Å². The highest BCUT2D eigenvalue weighted by atomic mass is 19.4. The zero-order valence-electron chi connectivity index (χ0n) is 17.4. The number of anilines is 1. The van der Waals surface area contributed by atoms with E-state index in [2.05, 4.69) is 20.3 Å². The molecule has 0 saturated carbocycles. The van der Waals surface area contributed by atoms with Crippen molar-refractivity contribution in [1.29, 1.82) is 0 Å². The average Bonchev–Trinajstić information content (AvgIpc) is 3.21. The predicted octanol–water partition coefficient (Wildman–Crippen LogP) is 4.21. The van der Waals surface area contributed by atoms with Crippen molar-refractivity contribution in [3.63, 3.8) is 0 Å². The summed E-state index contributed by atoms with van der Waals surface area (Å²) in [6.45, 7) is 1.77. The fourth-order valence-corrected chi connectivity index (χ4v) is 3.91. The van der Waals surface area contributed by atoms with E-state index in [1.807, 2.05) is 4.68 Å². The summed E-state index contributed by atoms with van der Waals surface area (Å²) in [6.07, 6.45) is 0.626. The molecule has 0 spiro atoms. The number of nitrogens with zero attached hydrogens (tertiary/aromatic N) is 5.